The van der Waals surface area contributed by atoms with Crippen LogP contribution in [0.3, 0.4) is 0 Å². The average molecular weight is 831 g/mol. The molecule has 0 amide bonds. The zero-order valence-corrected chi connectivity index (χ0v) is 31.3. The molecule has 5 aromatic carbocycles. The Kier molecular flexibility index (Phi) is 7.43. The van der Waals surface area contributed by atoms with Crippen LogP contribution in [0.4, 0.5) is 0 Å². The second-order valence-corrected chi connectivity index (χ2v) is 15.3. The van der Waals surface area contributed by atoms with Crippen molar-refractivity contribution in [1.29, 1.82) is 0 Å². The summed E-state index contributed by atoms with van der Waals surface area (Å²) in [6.45, 7) is 13.6. The fraction of sp³-hybridized carbons (Fsp3) is 0.182. The third-order valence-electron chi connectivity index (χ3n) is 9.89. The number of aromatic nitrogens is 5. The molecule has 0 spiro atoms. The summed E-state index contributed by atoms with van der Waals surface area (Å²) in [7, 11) is 0. The fourth-order valence-corrected chi connectivity index (χ4v) is 7.15. The Balaban J connectivity index is 0.00000361. The molecule has 50 heavy (non-hydrogen) atoms. The van der Waals surface area contributed by atoms with Crippen LogP contribution in [-0.2, 0) is 31.9 Å². The summed E-state index contributed by atoms with van der Waals surface area (Å²) in [6.07, 6.45) is 0. The van der Waals surface area contributed by atoms with Gasteiger partial charge in [0.15, 0.2) is 5.82 Å². The van der Waals surface area contributed by atoms with Crippen LogP contribution in [0.5, 0.6) is 0 Å². The summed E-state index contributed by atoms with van der Waals surface area (Å²) in [5.74, 6) is 0.756. The van der Waals surface area contributed by atoms with E-state index in [-0.39, 0.29) is 31.9 Å². The van der Waals surface area contributed by atoms with Crippen molar-refractivity contribution < 1.29 is 21.1 Å². The quantitative estimate of drug-likeness (QED) is 0.178. The maximum atomic E-state index is 5.36. The first-order chi connectivity index (χ1) is 23.5. The van der Waals surface area contributed by atoms with E-state index >= 15 is 0 Å². The van der Waals surface area contributed by atoms with E-state index < -0.39 is 0 Å². The maximum absolute atomic E-state index is 5.36. The molecule has 9 aromatic rings. The van der Waals surface area contributed by atoms with Gasteiger partial charge in [0, 0.05) is 5.39 Å². The molecule has 0 unspecified atom stereocenters. The van der Waals surface area contributed by atoms with Gasteiger partial charge >= 0.3 is 21.1 Å². The van der Waals surface area contributed by atoms with Crippen molar-refractivity contribution >= 4 is 54.5 Å². The standard InChI is InChI=1S/C44H37N5.Pt/c1-43(2,3)26-21-22-37-32(23-26)33-24-27(44(4,5)6)25-34(41(33)47-37)42-31-14-8-10-19-38(31)49(48-42)39-20-12-18-36(45-39)30-16-11-15-29-28-13-7-9-17-35(28)46-40(29)30;/h7-25H,1-6H3;/q-2;+2. The molecule has 0 radical (unpaired) electrons. The van der Waals surface area contributed by atoms with Gasteiger partial charge in [-0.1, -0.05) is 139 Å². The molecule has 0 atom stereocenters. The molecule has 0 saturated heterocycles. The Morgan fingerprint density at radius 3 is 1.94 bits per heavy atom. The number of para-hydroxylation sites is 3. The average Bonchev–Trinajstić information content (AvgIpc) is 3.78. The molecule has 248 valence electrons. The molecular formula is C44H37N5Pt. The molecule has 0 N–H and O–H groups in total. The fourth-order valence-electron chi connectivity index (χ4n) is 7.15. The number of pyridine rings is 1. The first kappa shape index (κ1) is 32.2. The second-order valence-electron chi connectivity index (χ2n) is 15.3. The van der Waals surface area contributed by atoms with E-state index in [1.54, 1.807) is 0 Å². The number of hydrogen-bond acceptors (Lipinski definition) is 2. The molecule has 0 aliphatic rings. The molecule has 0 saturated carbocycles. The molecule has 0 aliphatic carbocycles. The minimum absolute atomic E-state index is 0. The molecule has 0 aliphatic heterocycles. The van der Waals surface area contributed by atoms with Gasteiger partial charge in [0.2, 0.25) is 0 Å². The van der Waals surface area contributed by atoms with E-state index in [1.807, 2.05) is 16.8 Å². The van der Waals surface area contributed by atoms with Crippen molar-refractivity contribution in [1.82, 2.24) is 24.7 Å². The van der Waals surface area contributed by atoms with E-state index in [1.165, 1.54) is 21.9 Å². The number of hydrogen-bond donors (Lipinski definition) is 0. The Labute approximate surface area is 306 Å². The van der Waals surface area contributed by atoms with Gasteiger partial charge in [0.25, 0.3) is 0 Å². The number of fused-ring (bicyclic) bond motifs is 7. The predicted octanol–water partition coefficient (Wildman–Crippen LogP) is 10.9. The predicted molar refractivity (Wildman–Crippen MR) is 204 cm³/mol. The van der Waals surface area contributed by atoms with Gasteiger partial charge in [0.1, 0.15) is 0 Å². The van der Waals surface area contributed by atoms with E-state index in [4.69, 9.17) is 20.1 Å². The summed E-state index contributed by atoms with van der Waals surface area (Å²) in [6, 6.07) is 40.6. The normalized spacial score (nSPS) is 12.4. The van der Waals surface area contributed by atoms with Crippen molar-refractivity contribution in [2.24, 2.45) is 0 Å². The van der Waals surface area contributed by atoms with Crippen LogP contribution in [0.25, 0.3) is 82.8 Å². The first-order valence-electron chi connectivity index (χ1n) is 17.0. The first-order valence-corrected chi connectivity index (χ1v) is 17.0. The second kappa shape index (κ2) is 11.5. The van der Waals surface area contributed by atoms with Crippen LogP contribution in [0, 0.1) is 0 Å². The van der Waals surface area contributed by atoms with E-state index in [0.717, 1.165) is 72.1 Å². The SMILES string of the molecule is CC(C)(C)c1ccc2[n-]c3c(-c4nn(-c5cccc(-c6cccc7c6[n-]c6ccccc67)n5)c5ccccc45)cc(C(C)(C)C)cc3c2c1.[Pt+2]. The van der Waals surface area contributed by atoms with Gasteiger partial charge in [0.05, 0.1) is 16.9 Å². The topological polar surface area (TPSA) is 58.9 Å². The third kappa shape index (κ3) is 5.10. The summed E-state index contributed by atoms with van der Waals surface area (Å²) >= 11 is 0. The largest absolute Gasteiger partial charge is 2.00 e. The van der Waals surface area contributed by atoms with Crippen LogP contribution in [0.15, 0.2) is 115 Å². The van der Waals surface area contributed by atoms with E-state index in [2.05, 4.69) is 145 Å². The van der Waals surface area contributed by atoms with Crippen LogP contribution in [0.1, 0.15) is 52.7 Å². The summed E-state index contributed by atoms with van der Waals surface area (Å²) in [5.41, 5.74) is 11.3. The number of nitrogens with zero attached hydrogens (tertiary/aromatic N) is 5. The van der Waals surface area contributed by atoms with Crippen LogP contribution in [0.2, 0.25) is 0 Å². The van der Waals surface area contributed by atoms with Crippen molar-refractivity contribution in [3.8, 4) is 28.3 Å². The van der Waals surface area contributed by atoms with Crippen LogP contribution < -0.4 is 9.97 Å². The minimum atomic E-state index is -0.0664. The molecule has 9 rings (SSSR count). The van der Waals surface area contributed by atoms with Crippen molar-refractivity contribution in [2.75, 3.05) is 0 Å². The van der Waals surface area contributed by atoms with Gasteiger partial charge in [-0.15, -0.1) is 22.1 Å². The molecular weight excluding hydrogens is 794 g/mol. The molecule has 4 heterocycles. The van der Waals surface area contributed by atoms with E-state index in [9.17, 15) is 0 Å². The van der Waals surface area contributed by atoms with Gasteiger partial charge in [-0.05, 0) is 72.8 Å². The van der Waals surface area contributed by atoms with Gasteiger partial charge in [-0.2, -0.15) is 5.10 Å². The van der Waals surface area contributed by atoms with Gasteiger partial charge < -0.3 is 9.97 Å². The van der Waals surface area contributed by atoms with E-state index in [0.29, 0.717) is 0 Å². The summed E-state index contributed by atoms with van der Waals surface area (Å²) < 4.78 is 1.99. The van der Waals surface area contributed by atoms with Crippen LogP contribution in [-0.4, -0.2) is 14.8 Å². The molecule has 5 nitrogen and oxygen atoms in total. The third-order valence-corrected chi connectivity index (χ3v) is 9.89. The zero-order chi connectivity index (χ0) is 33.7. The Morgan fingerprint density at radius 1 is 0.520 bits per heavy atom. The molecule has 6 heteroatoms. The number of rotatable bonds is 3. The van der Waals surface area contributed by atoms with Crippen LogP contribution >= 0.6 is 0 Å². The molecule has 0 bridgehead atoms. The Hall–Kier alpha value is -4.99. The number of benzene rings is 5. The Bertz CT molecular complexity index is 2750. The molecule has 4 aromatic heterocycles. The smallest absolute Gasteiger partial charge is 0.656 e. The minimum Gasteiger partial charge on any atom is -0.656 e. The zero-order valence-electron chi connectivity index (χ0n) is 29.0. The summed E-state index contributed by atoms with van der Waals surface area (Å²) in [4.78, 5) is 15.5. The monoisotopic (exact) mass is 830 g/mol. The van der Waals surface area contributed by atoms with Gasteiger partial charge in [-0.3, -0.25) is 0 Å². The van der Waals surface area contributed by atoms with Crippen molar-refractivity contribution in [2.45, 2.75) is 52.4 Å². The molecule has 0 fully saturated rings. The summed E-state index contributed by atoms with van der Waals surface area (Å²) in [5, 5.41) is 11.1. The van der Waals surface area contributed by atoms with Gasteiger partial charge in [-0.25, -0.2) is 9.67 Å². The maximum Gasteiger partial charge on any atom is 2.00 e. The van der Waals surface area contributed by atoms with Crippen molar-refractivity contribution in [3.05, 3.63) is 126 Å². The van der Waals surface area contributed by atoms with Crippen molar-refractivity contribution in [3.63, 3.8) is 0 Å². The Morgan fingerprint density at radius 2 is 1.16 bits per heavy atom.